The minimum atomic E-state index is -2.59. The summed E-state index contributed by atoms with van der Waals surface area (Å²) < 4.78 is 58.3. The van der Waals surface area contributed by atoms with E-state index in [4.69, 9.17) is 9.60 Å². The van der Waals surface area contributed by atoms with E-state index in [1.54, 1.807) is 36.2 Å². The van der Waals surface area contributed by atoms with Crippen molar-refractivity contribution in [1.82, 2.24) is 20.0 Å². The van der Waals surface area contributed by atoms with Crippen LogP contribution in [0.2, 0.25) is 0 Å². The molecule has 0 unspecified atom stereocenters. The summed E-state index contributed by atoms with van der Waals surface area (Å²) in [6.07, 6.45) is -2.12. The lowest BCUT2D eigenvalue weighted by atomic mass is 9.82. The first kappa shape index (κ1) is 8.83. The van der Waals surface area contributed by atoms with E-state index in [2.05, 4.69) is 10.4 Å². The number of rotatable bonds is 2. The summed E-state index contributed by atoms with van der Waals surface area (Å²) in [6, 6.07) is 4.01. The third-order valence-electron chi connectivity index (χ3n) is 4.73. The summed E-state index contributed by atoms with van der Waals surface area (Å²) in [5.41, 5.74) is 0.103. The zero-order chi connectivity index (χ0) is 22.1. The van der Waals surface area contributed by atoms with Gasteiger partial charge in [-0.2, -0.15) is 5.10 Å². The molecule has 122 valence electrons. The Morgan fingerprint density at radius 3 is 2.83 bits per heavy atom. The highest BCUT2D eigenvalue weighted by Gasteiger charge is 2.36. The Hall–Kier alpha value is -1.88. The summed E-state index contributed by atoms with van der Waals surface area (Å²) >= 11 is 0. The third-order valence-corrected chi connectivity index (χ3v) is 4.73. The molecule has 2 atom stereocenters. The van der Waals surface area contributed by atoms with E-state index in [1.807, 2.05) is 0 Å². The highest BCUT2D eigenvalue weighted by atomic mass is 16.2. The number of carbonyl (C=O) groups excluding carboxylic acids is 1. The number of aryl methyl sites for hydroxylation is 1. The van der Waals surface area contributed by atoms with Crippen LogP contribution in [0.25, 0.3) is 10.9 Å². The fourth-order valence-corrected chi connectivity index (χ4v) is 3.48. The van der Waals surface area contributed by atoms with Crippen LogP contribution in [0.4, 0.5) is 0 Å². The summed E-state index contributed by atoms with van der Waals surface area (Å²) in [7, 11) is 1.73. The van der Waals surface area contributed by atoms with E-state index in [9.17, 15) is 4.79 Å². The van der Waals surface area contributed by atoms with Crippen LogP contribution in [0, 0.1) is 0 Å². The Balaban J connectivity index is 1.74. The second-order valence-corrected chi connectivity index (χ2v) is 6.15. The number of nitrogens with zero attached hydrogens (tertiary/aromatic N) is 3. The second-order valence-electron chi connectivity index (χ2n) is 6.15. The SMILES string of the molecule is [2H]C1([2H])C(NC(=O)c2nn(C([2H])([2H])[2H])c3ccccc23)C([2H])([2H])[C@H]2CCC[C@H]1N2C. The number of hydrogen-bond donors (Lipinski definition) is 1. The van der Waals surface area contributed by atoms with E-state index < -0.39 is 43.8 Å². The molecule has 2 aromatic rings. The molecule has 0 radical (unpaired) electrons. The van der Waals surface area contributed by atoms with E-state index in [0.29, 0.717) is 18.2 Å². The molecule has 2 bridgehead atoms. The summed E-state index contributed by atoms with van der Waals surface area (Å²) in [4.78, 5) is 14.9. The molecule has 2 fully saturated rings. The van der Waals surface area contributed by atoms with Gasteiger partial charge < -0.3 is 10.2 Å². The predicted molar refractivity (Wildman–Crippen MR) is 90.4 cm³/mol. The summed E-state index contributed by atoms with van der Waals surface area (Å²) in [5, 5.41) is 6.86. The number of fused-ring (bicyclic) bond motifs is 3. The average molecular weight is 319 g/mol. The van der Waals surface area contributed by atoms with Crippen molar-refractivity contribution in [2.75, 3.05) is 7.05 Å². The number of benzene rings is 1. The zero-order valence-corrected chi connectivity index (χ0v) is 12.9. The lowest BCUT2D eigenvalue weighted by Crippen LogP contribution is -2.55. The number of amides is 1. The first-order valence-corrected chi connectivity index (χ1v) is 7.88. The Kier molecular flexibility index (Phi) is 2.16. The van der Waals surface area contributed by atoms with Gasteiger partial charge in [0, 0.05) is 40.1 Å². The molecule has 5 nitrogen and oxygen atoms in total. The van der Waals surface area contributed by atoms with E-state index in [0.717, 1.165) is 11.1 Å². The quantitative estimate of drug-likeness (QED) is 0.924. The van der Waals surface area contributed by atoms with E-state index >= 15 is 0 Å². The largest absolute Gasteiger partial charge is 0.348 e. The molecular formula is C18H24N4O. The number of para-hydroxylation sites is 1. The maximum Gasteiger partial charge on any atom is 0.272 e. The van der Waals surface area contributed by atoms with Gasteiger partial charge in [-0.3, -0.25) is 9.48 Å². The van der Waals surface area contributed by atoms with Crippen LogP contribution in [-0.4, -0.2) is 45.8 Å². The first-order chi connectivity index (χ1) is 13.9. The molecule has 4 rings (SSSR count). The molecule has 0 aliphatic carbocycles. The summed E-state index contributed by atoms with van der Waals surface area (Å²) in [5.74, 6) is -0.783. The number of hydrogen-bond acceptors (Lipinski definition) is 3. The molecule has 1 N–H and O–H groups in total. The monoisotopic (exact) mass is 319 g/mol. The van der Waals surface area contributed by atoms with Crippen LogP contribution in [0.15, 0.2) is 24.3 Å². The molecule has 3 heterocycles. The van der Waals surface area contributed by atoms with Crippen LogP contribution in [0.1, 0.15) is 52.1 Å². The Morgan fingerprint density at radius 1 is 1.35 bits per heavy atom. The molecule has 1 aromatic carbocycles. The first-order valence-electron chi connectivity index (χ1n) is 11.4. The number of aromatic nitrogens is 2. The lowest BCUT2D eigenvalue weighted by Gasteiger charge is -2.47. The Labute approximate surface area is 146 Å². The normalized spacial score (nSPS) is 37.4. The topological polar surface area (TPSA) is 50.2 Å². The standard InChI is InChI=1S/C18H24N4O/c1-21-13-6-5-7-14(21)11-12(10-13)19-18(23)17-15-8-3-4-9-16(15)22(2)20-17/h3-4,8-9,12-14H,5-7,10-11H2,1-2H3,(H,19,23)/t13-,14-/m1/s1/i2D3,10D2,11D2. The minimum absolute atomic E-state index is 0.155. The van der Waals surface area contributed by atoms with Crippen molar-refractivity contribution in [2.45, 2.75) is 50.1 Å². The summed E-state index contributed by atoms with van der Waals surface area (Å²) in [6.45, 7) is -2.59. The predicted octanol–water partition coefficient (Wildman–Crippen LogP) is 2.32. The van der Waals surface area contributed by atoms with Gasteiger partial charge in [-0.15, -0.1) is 0 Å². The molecule has 5 heteroatoms. The van der Waals surface area contributed by atoms with Crippen molar-refractivity contribution < 1.29 is 14.4 Å². The minimum Gasteiger partial charge on any atom is -0.348 e. The Bertz CT molecular complexity index is 963. The Morgan fingerprint density at radius 2 is 2.09 bits per heavy atom. The van der Waals surface area contributed by atoms with Gasteiger partial charge >= 0.3 is 0 Å². The van der Waals surface area contributed by atoms with E-state index in [1.165, 1.54) is 0 Å². The van der Waals surface area contributed by atoms with Crippen LogP contribution in [-0.2, 0) is 6.98 Å². The van der Waals surface area contributed by atoms with Gasteiger partial charge in [0.15, 0.2) is 5.69 Å². The molecule has 1 amide bonds. The second kappa shape index (κ2) is 5.64. The average Bonchev–Trinajstić information content (AvgIpc) is 3.05. The van der Waals surface area contributed by atoms with Gasteiger partial charge in [0.2, 0.25) is 0 Å². The van der Waals surface area contributed by atoms with Gasteiger partial charge in [0.05, 0.1) is 5.52 Å². The lowest BCUT2D eigenvalue weighted by molar-refractivity contribution is 0.0462. The van der Waals surface area contributed by atoms with Gasteiger partial charge in [0.1, 0.15) is 0 Å². The molecule has 0 saturated carbocycles. The fraction of sp³-hybridized carbons (Fsp3) is 0.556. The van der Waals surface area contributed by atoms with Crippen LogP contribution in [0.3, 0.4) is 0 Å². The zero-order valence-electron chi connectivity index (χ0n) is 19.9. The van der Waals surface area contributed by atoms with Crippen LogP contribution in [0.5, 0.6) is 0 Å². The van der Waals surface area contributed by atoms with Crippen molar-refractivity contribution >= 4 is 16.8 Å². The molecule has 2 aliphatic heterocycles. The maximum absolute atomic E-state index is 13.1. The smallest absolute Gasteiger partial charge is 0.272 e. The van der Waals surface area contributed by atoms with Crippen LogP contribution < -0.4 is 5.32 Å². The van der Waals surface area contributed by atoms with Gasteiger partial charge in [-0.25, -0.2) is 0 Å². The molecule has 2 aliphatic rings. The molecular weight excluding hydrogens is 288 g/mol. The third kappa shape index (κ3) is 2.53. The van der Waals surface area contributed by atoms with Crippen molar-refractivity contribution in [2.24, 2.45) is 6.98 Å². The molecule has 1 aromatic heterocycles. The number of nitrogens with one attached hydrogen (secondary N) is 1. The number of piperidine rings is 2. The fourth-order valence-electron chi connectivity index (χ4n) is 3.48. The van der Waals surface area contributed by atoms with Crippen molar-refractivity contribution in [3.63, 3.8) is 0 Å². The highest BCUT2D eigenvalue weighted by molar-refractivity contribution is 6.04. The number of carbonyl (C=O) groups is 1. The highest BCUT2D eigenvalue weighted by Crippen LogP contribution is 2.32. The molecule has 0 spiro atoms. The van der Waals surface area contributed by atoms with Crippen molar-refractivity contribution in [3.05, 3.63) is 30.0 Å². The van der Waals surface area contributed by atoms with Crippen molar-refractivity contribution in [1.29, 1.82) is 0 Å². The molecule has 23 heavy (non-hydrogen) atoms. The molecule has 2 saturated heterocycles. The van der Waals surface area contributed by atoms with Gasteiger partial charge in [-0.05, 0) is 38.7 Å². The van der Waals surface area contributed by atoms with Gasteiger partial charge in [0.25, 0.3) is 5.91 Å². The van der Waals surface area contributed by atoms with Crippen molar-refractivity contribution in [3.8, 4) is 0 Å². The maximum atomic E-state index is 13.1. The van der Waals surface area contributed by atoms with Crippen LogP contribution >= 0.6 is 0 Å². The van der Waals surface area contributed by atoms with Gasteiger partial charge in [-0.1, -0.05) is 24.6 Å². The van der Waals surface area contributed by atoms with E-state index in [-0.39, 0.29) is 11.2 Å².